The van der Waals surface area contributed by atoms with Gasteiger partial charge in [-0.2, -0.15) is 0 Å². The molecule has 0 aliphatic rings. The Kier molecular flexibility index (Phi) is 6.98. The van der Waals surface area contributed by atoms with Crippen LogP contribution in [0.5, 0.6) is 0 Å². The van der Waals surface area contributed by atoms with Crippen LogP contribution in [0, 0.1) is 0 Å². The third kappa shape index (κ3) is 6.76. The van der Waals surface area contributed by atoms with Crippen LogP contribution < -0.4 is 0 Å². The lowest BCUT2D eigenvalue weighted by molar-refractivity contribution is 0.131. The maximum absolute atomic E-state index is 10.8. The Morgan fingerprint density at radius 1 is 1.06 bits per heavy atom. The van der Waals surface area contributed by atoms with Crippen LogP contribution in [-0.2, 0) is 13.9 Å². The molecule has 0 rings (SSSR count). The molecule has 0 unspecified atom stereocenters. The first-order chi connectivity index (χ1) is 7.19. The first kappa shape index (κ1) is 16.3. The van der Waals surface area contributed by atoms with Crippen LogP contribution in [0.15, 0.2) is 0 Å². The van der Waals surface area contributed by atoms with Crippen molar-refractivity contribution in [2.24, 2.45) is 0 Å². The second-order valence-corrected chi connectivity index (χ2v) is 7.45. The summed E-state index contributed by atoms with van der Waals surface area (Å²) in [5.74, 6) is 0. The van der Waals surface area contributed by atoms with Crippen LogP contribution >= 0.6 is 15.2 Å². The van der Waals surface area contributed by atoms with Crippen molar-refractivity contribution in [3.8, 4) is 0 Å². The van der Waals surface area contributed by atoms with Crippen LogP contribution in [0.1, 0.15) is 26.2 Å². The molecule has 0 atom stereocenters. The maximum Gasteiger partial charge on any atom is 0.343 e. The van der Waals surface area contributed by atoms with Gasteiger partial charge in [0.05, 0.1) is 6.61 Å². The van der Waals surface area contributed by atoms with Crippen molar-refractivity contribution in [3.63, 3.8) is 0 Å². The summed E-state index contributed by atoms with van der Waals surface area (Å²) in [6, 6.07) is 0. The van der Waals surface area contributed by atoms with Crippen molar-refractivity contribution in [3.05, 3.63) is 0 Å². The average molecular weight is 276 g/mol. The summed E-state index contributed by atoms with van der Waals surface area (Å²) in [6.45, 7) is 1.59. The molecule has 7 nitrogen and oxygen atoms in total. The van der Waals surface area contributed by atoms with Gasteiger partial charge in [0.25, 0.3) is 0 Å². The summed E-state index contributed by atoms with van der Waals surface area (Å²) in [4.78, 5) is 35.0. The summed E-state index contributed by atoms with van der Waals surface area (Å²) in [5, 5.41) is -2.05. The smallest absolute Gasteiger partial charge is 0.343 e. The first-order valence-electron chi connectivity index (χ1n) is 4.87. The van der Waals surface area contributed by atoms with Crippen molar-refractivity contribution < 1.29 is 33.4 Å². The SMILES string of the molecule is CCCCCOCC(P(=O)(O)O)P(=O)(O)O. The Bertz CT molecular complexity index is 258. The Morgan fingerprint density at radius 2 is 1.56 bits per heavy atom. The van der Waals surface area contributed by atoms with Crippen molar-refractivity contribution in [1.29, 1.82) is 0 Å². The highest BCUT2D eigenvalue weighted by atomic mass is 31.2. The molecule has 0 aromatic heterocycles. The minimum atomic E-state index is -4.84. The topological polar surface area (TPSA) is 124 Å². The van der Waals surface area contributed by atoms with E-state index in [9.17, 15) is 9.13 Å². The van der Waals surface area contributed by atoms with E-state index in [4.69, 9.17) is 24.3 Å². The van der Waals surface area contributed by atoms with Crippen molar-refractivity contribution in [1.82, 2.24) is 0 Å². The van der Waals surface area contributed by atoms with Crippen molar-refractivity contribution >= 4 is 15.2 Å². The highest BCUT2D eigenvalue weighted by Gasteiger charge is 2.43. The highest BCUT2D eigenvalue weighted by Crippen LogP contribution is 2.59. The quantitative estimate of drug-likeness (QED) is 0.383. The van der Waals surface area contributed by atoms with E-state index in [1.165, 1.54) is 0 Å². The van der Waals surface area contributed by atoms with Gasteiger partial charge in [-0.05, 0) is 6.42 Å². The minimum absolute atomic E-state index is 0.240. The Labute approximate surface area is 94.1 Å². The van der Waals surface area contributed by atoms with Crippen molar-refractivity contribution in [2.75, 3.05) is 13.2 Å². The summed E-state index contributed by atoms with van der Waals surface area (Å²) >= 11 is 0. The van der Waals surface area contributed by atoms with Gasteiger partial charge in [-0.15, -0.1) is 0 Å². The fraction of sp³-hybridized carbons (Fsp3) is 1.00. The van der Waals surface area contributed by atoms with Gasteiger partial charge in [-0.3, -0.25) is 9.13 Å². The van der Waals surface area contributed by atoms with Crippen LogP contribution in [0.3, 0.4) is 0 Å². The van der Waals surface area contributed by atoms with E-state index >= 15 is 0 Å². The van der Waals surface area contributed by atoms with Crippen LogP contribution in [0.2, 0.25) is 0 Å². The predicted molar refractivity (Wildman–Crippen MR) is 58.2 cm³/mol. The third-order valence-corrected chi connectivity index (χ3v) is 5.59. The molecule has 4 N–H and O–H groups in total. The van der Waals surface area contributed by atoms with Gasteiger partial charge < -0.3 is 24.3 Å². The molecule has 0 aromatic rings. The third-order valence-electron chi connectivity index (χ3n) is 1.94. The molecule has 98 valence electrons. The van der Waals surface area contributed by atoms with Gasteiger partial charge in [0.1, 0.15) is 0 Å². The van der Waals surface area contributed by atoms with Gasteiger partial charge in [-0.25, -0.2) is 0 Å². The lowest BCUT2D eigenvalue weighted by atomic mass is 10.3. The summed E-state index contributed by atoms with van der Waals surface area (Å²) < 4.78 is 26.5. The van der Waals surface area contributed by atoms with Crippen molar-refractivity contribution in [2.45, 2.75) is 31.6 Å². The monoisotopic (exact) mass is 276 g/mol. The van der Waals surface area contributed by atoms with E-state index in [0.717, 1.165) is 12.8 Å². The summed E-state index contributed by atoms with van der Waals surface area (Å²) in [5.41, 5.74) is 0. The molecule has 0 bridgehead atoms. The van der Waals surface area contributed by atoms with Gasteiger partial charge in [-0.1, -0.05) is 19.8 Å². The molecule has 0 aliphatic heterocycles. The average Bonchev–Trinajstić information content (AvgIpc) is 2.06. The molecule has 0 fully saturated rings. The Morgan fingerprint density at radius 3 is 1.94 bits per heavy atom. The normalized spacial score (nSPS) is 13.4. The van der Waals surface area contributed by atoms with E-state index in [-0.39, 0.29) is 6.61 Å². The molecular formula is C7H18O7P2. The zero-order valence-corrected chi connectivity index (χ0v) is 10.8. The van der Waals surface area contributed by atoms with Crippen LogP contribution in [0.4, 0.5) is 0 Å². The van der Waals surface area contributed by atoms with E-state index in [1.54, 1.807) is 0 Å². The second-order valence-electron chi connectivity index (χ2n) is 3.44. The molecule has 0 amide bonds. The Balaban J connectivity index is 4.17. The van der Waals surface area contributed by atoms with E-state index in [2.05, 4.69) is 0 Å². The predicted octanol–water partition coefficient (Wildman–Crippen LogP) is 0.875. The summed E-state index contributed by atoms with van der Waals surface area (Å²) in [7, 11) is -9.68. The first-order valence-corrected chi connectivity index (χ1v) is 8.24. The summed E-state index contributed by atoms with van der Waals surface area (Å²) in [6.07, 6.45) is 2.56. The fourth-order valence-corrected chi connectivity index (χ4v) is 3.20. The lowest BCUT2D eigenvalue weighted by Crippen LogP contribution is -2.17. The van der Waals surface area contributed by atoms with Gasteiger partial charge in [0.15, 0.2) is 5.40 Å². The zero-order valence-electron chi connectivity index (χ0n) is 9.02. The number of unbranched alkanes of at least 4 members (excludes halogenated alkanes) is 2. The highest BCUT2D eigenvalue weighted by molar-refractivity contribution is 7.70. The van der Waals surface area contributed by atoms with Crippen LogP contribution in [-0.4, -0.2) is 38.2 Å². The largest absolute Gasteiger partial charge is 0.380 e. The molecule has 0 spiro atoms. The van der Waals surface area contributed by atoms with Gasteiger partial charge in [0.2, 0.25) is 0 Å². The molecule has 0 aromatic carbocycles. The molecule has 9 heteroatoms. The fourth-order valence-electron chi connectivity index (χ4n) is 1.03. The molecule has 0 aliphatic carbocycles. The minimum Gasteiger partial charge on any atom is -0.380 e. The number of rotatable bonds is 8. The van der Waals surface area contributed by atoms with Crippen LogP contribution in [0.25, 0.3) is 0 Å². The number of hydrogen-bond acceptors (Lipinski definition) is 3. The zero-order chi connectivity index (χ0) is 12.8. The Hall–Kier alpha value is 0.260. The molecule has 0 heterocycles. The molecule has 0 radical (unpaired) electrons. The van der Waals surface area contributed by atoms with Gasteiger partial charge >= 0.3 is 15.2 Å². The maximum atomic E-state index is 10.8. The van der Waals surface area contributed by atoms with E-state index < -0.39 is 27.2 Å². The second kappa shape index (κ2) is 6.87. The molecule has 0 saturated carbocycles. The molecule has 16 heavy (non-hydrogen) atoms. The van der Waals surface area contributed by atoms with E-state index in [1.807, 2.05) is 6.92 Å². The molecule has 0 saturated heterocycles. The van der Waals surface area contributed by atoms with Gasteiger partial charge in [0, 0.05) is 6.61 Å². The van der Waals surface area contributed by atoms with E-state index in [0.29, 0.717) is 6.42 Å². The lowest BCUT2D eigenvalue weighted by Gasteiger charge is -2.19. The number of hydrogen-bond donors (Lipinski definition) is 4. The number of ether oxygens (including phenoxy) is 1. The standard InChI is InChI=1S/C7H18O7P2/c1-2-3-4-5-14-6-7(15(8,9)10)16(11,12)13/h7H,2-6H2,1H3,(H2,8,9,10)(H2,11,12,13). The molecular weight excluding hydrogens is 258 g/mol.